The van der Waals surface area contributed by atoms with Gasteiger partial charge in [0.25, 0.3) is 5.91 Å². The van der Waals surface area contributed by atoms with Crippen molar-refractivity contribution in [1.82, 2.24) is 10.2 Å². The zero-order valence-electron chi connectivity index (χ0n) is 12.7. The number of benzene rings is 1. The normalized spacial score (nSPS) is 11.0. The highest BCUT2D eigenvalue weighted by Crippen LogP contribution is 2.13. The summed E-state index contributed by atoms with van der Waals surface area (Å²) in [5, 5.41) is 2.78. The number of furan rings is 1. The molecule has 3 N–H and O–H groups in total. The third kappa shape index (κ3) is 4.16. The van der Waals surface area contributed by atoms with Crippen LogP contribution in [0.5, 0.6) is 0 Å². The SMILES string of the molecule is CN(C)Cc1cc(CNC(=O)c2coc(CN)c2)ccc1F. The van der Waals surface area contributed by atoms with Gasteiger partial charge < -0.3 is 20.4 Å². The van der Waals surface area contributed by atoms with Crippen LogP contribution >= 0.6 is 0 Å². The second-order valence-corrected chi connectivity index (χ2v) is 5.35. The third-order valence-corrected chi connectivity index (χ3v) is 3.17. The monoisotopic (exact) mass is 305 g/mol. The predicted octanol–water partition coefficient (Wildman–Crippen LogP) is 1.87. The fourth-order valence-electron chi connectivity index (χ4n) is 2.09. The molecule has 0 atom stereocenters. The number of hydrogen-bond donors (Lipinski definition) is 2. The fourth-order valence-corrected chi connectivity index (χ4v) is 2.09. The first-order valence-electron chi connectivity index (χ1n) is 6.97. The van der Waals surface area contributed by atoms with Crippen LogP contribution in [0.25, 0.3) is 0 Å². The Balaban J connectivity index is 2.00. The van der Waals surface area contributed by atoms with E-state index in [-0.39, 0.29) is 18.3 Å². The molecule has 1 amide bonds. The maximum absolute atomic E-state index is 13.7. The Morgan fingerprint density at radius 2 is 2.14 bits per heavy atom. The molecule has 0 unspecified atom stereocenters. The van der Waals surface area contributed by atoms with E-state index in [9.17, 15) is 9.18 Å². The minimum absolute atomic E-state index is 0.244. The van der Waals surface area contributed by atoms with Gasteiger partial charge >= 0.3 is 0 Å². The van der Waals surface area contributed by atoms with E-state index in [0.717, 1.165) is 5.56 Å². The minimum Gasteiger partial charge on any atom is -0.467 e. The number of nitrogens with one attached hydrogen (secondary N) is 1. The number of halogens is 1. The standard InChI is InChI=1S/C16H20FN3O2/c1-20(2)9-12-5-11(3-4-15(12)17)8-19-16(21)13-6-14(7-18)22-10-13/h3-6,10H,7-9,18H2,1-2H3,(H,19,21). The van der Waals surface area contributed by atoms with Crippen LogP contribution in [-0.4, -0.2) is 24.9 Å². The lowest BCUT2D eigenvalue weighted by molar-refractivity contribution is 0.0950. The molecule has 2 aromatic rings. The summed E-state index contributed by atoms with van der Waals surface area (Å²) in [4.78, 5) is 13.9. The molecule has 0 aliphatic heterocycles. The van der Waals surface area contributed by atoms with Crippen molar-refractivity contribution in [2.24, 2.45) is 5.73 Å². The maximum atomic E-state index is 13.7. The van der Waals surface area contributed by atoms with Crippen LogP contribution in [0.4, 0.5) is 4.39 Å². The lowest BCUT2D eigenvalue weighted by atomic mass is 10.1. The molecule has 0 aliphatic rings. The van der Waals surface area contributed by atoms with E-state index in [1.165, 1.54) is 12.3 Å². The maximum Gasteiger partial charge on any atom is 0.254 e. The smallest absolute Gasteiger partial charge is 0.254 e. The molecule has 0 saturated heterocycles. The number of hydrogen-bond acceptors (Lipinski definition) is 4. The third-order valence-electron chi connectivity index (χ3n) is 3.17. The molecule has 1 aromatic carbocycles. The molecule has 5 nitrogen and oxygen atoms in total. The van der Waals surface area contributed by atoms with Gasteiger partial charge in [-0.15, -0.1) is 0 Å². The van der Waals surface area contributed by atoms with E-state index >= 15 is 0 Å². The lowest BCUT2D eigenvalue weighted by Gasteiger charge is -2.12. The van der Waals surface area contributed by atoms with Crippen LogP contribution in [0.3, 0.4) is 0 Å². The molecule has 6 heteroatoms. The van der Waals surface area contributed by atoms with Crippen molar-refractivity contribution in [2.75, 3.05) is 14.1 Å². The summed E-state index contributed by atoms with van der Waals surface area (Å²) < 4.78 is 18.8. The van der Waals surface area contributed by atoms with Crippen molar-refractivity contribution in [2.45, 2.75) is 19.6 Å². The molecule has 0 aliphatic carbocycles. The van der Waals surface area contributed by atoms with Crippen LogP contribution < -0.4 is 11.1 Å². The summed E-state index contributed by atoms with van der Waals surface area (Å²) in [6.07, 6.45) is 1.37. The van der Waals surface area contributed by atoms with E-state index in [4.69, 9.17) is 10.2 Å². The van der Waals surface area contributed by atoms with E-state index in [1.54, 1.807) is 18.2 Å². The molecule has 1 aromatic heterocycles. The Labute approximate surface area is 128 Å². The van der Waals surface area contributed by atoms with Gasteiger partial charge in [-0.2, -0.15) is 0 Å². The highest BCUT2D eigenvalue weighted by atomic mass is 19.1. The van der Waals surface area contributed by atoms with Gasteiger partial charge in [-0.1, -0.05) is 6.07 Å². The van der Waals surface area contributed by atoms with E-state index in [0.29, 0.717) is 30.0 Å². The second kappa shape index (κ2) is 7.20. The number of rotatable bonds is 6. The van der Waals surface area contributed by atoms with Crippen molar-refractivity contribution in [3.63, 3.8) is 0 Å². The number of nitrogens with zero attached hydrogens (tertiary/aromatic N) is 1. The molecule has 0 saturated carbocycles. The summed E-state index contributed by atoms with van der Waals surface area (Å²) in [5.41, 5.74) is 7.30. The van der Waals surface area contributed by atoms with Crippen LogP contribution in [0.2, 0.25) is 0 Å². The first kappa shape index (κ1) is 16.2. The van der Waals surface area contributed by atoms with Crippen molar-refractivity contribution in [3.8, 4) is 0 Å². The van der Waals surface area contributed by atoms with Crippen molar-refractivity contribution < 1.29 is 13.6 Å². The average molecular weight is 305 g/mol. The lowest BCUT2D eigenvalue weighted by Crippen LogP contribution is -2.22. The Morgan fingerprint density at radius 3 is 2.77 bits per heavy atom. The molecule has 2 rings (SSSR count). The van der Waals surface area contributed by atoms with Crippen LogP contribution in [0, 0.1) is 5.82 Å². The zero-order chi connectivity index (χ0) is 16.1. The van der Waals surface area contributed by atoms with E-state index in [1.807, 2.05) is 19.0 Å². The molecule has 0 spiro atoms. The van der Waals surface area contributed by atoms with Crippen LogP contribution in [-0.2, 0) is 19.6 Å². The molecule has 118 valence electrons. The first-order chi connectivity index (χ1) is 10.5. The molecule has 0 radical (unpaired) electrons. The van der Waals surface area contributed by atoms with Gasteiger partial charge in [-0.3, -0.25) is 4.79 Å². The molecular formula is C16H20FN3O2. The highest BCUT2D eigenvalue weighted by molar-refractivity contribution is 5.93. The number of carbonyl (C=O) groups is 1. The molecule has 22 heavy (non-hydrogen) atoms. The quantitative estimate of drug-likeness (QED) is 0.854. The van der Waals surface area contributed by atoms with Gasteiger partial charge in [0.2, 0.25) is 0 Å². The summed E-state index contributed by atoms with van der Waals surface area (Å²) in [7, 11) is 3.75. The summed E-state index contributed by atoms with van der Waals surface area (Å²) in [6, 6.07) is 6.45. The second-order valence-electron chi connectivity index (χ2n) is 5.35. The predicted molar refractivity (Wildman–Crippen MR) is 81.6 cm³/mol. The van der Waals surface area contributed by atoms with Gasteiger partial charge in [0, 0.05) is 18.7 Å². The van der Waals surface area contributed by atoms with Gasteiger partial charge in [0.05, 0.1) is 12.1 Å². The Hall–Kier alpha value is -2.18. The molecule has 0 bridgehead atoms. The Kier molecular flexibility index (Phi) is 5.30. The van der Waals surface area contributed by atoms with Gasteiger partial charge in [0.1, 0.15) is 17.8 Å². The van der Waals surface area contributed by atoms with Crippen LogP contribution in [0.1, 0.15) is 27.2 Å². The van der Waals surface area contributed by atoms with Crippen LogP contribution in [0.15, 0.2) is 34.9 Å². The summed E-state index contributed by atoms with van der Waals surface area (Å²) >= 11 is 0. The number of nitrogens with two attached hydrogens (primary N) is 1. The molecule has 0 fully saturated rings. The van der Waals surface area contributed by atoms with Gasteiger partial charge in [-0.05, 0) is 37.9 Å². The fraction of sp³-hybridized carbons (Fsp3) is 0.312. The minimum atomic E-state index is -0.248. The topological polar surface area (TPSA) is 71.5 Å². The zero-order valence-corrected chi connectivity index (χ0v) is 12.7. The van der Waals surface area contributed by atoms with Crippen molar-refractivity contribution in [3.05, 3.63) is 58.8 Å². The summed E-state index contributed by atoms with van der Waals surface area (Å²) in [6.45, 7) is 1.08. The Bertz CT molecular complexity index is 653. The number of carbonyl (C=O) groups excluding carboxylic acids is 1. The number of amides is 1. The Morgan fingerprint density at radius 1 is 1.36 bits per heavy atom. The van der Waals surface area contributed by atoms with Gasteiger partial charge in [-0.25, -0.2) is 4.39 Å². The first-order valence-corrected chi connectivity index (χ1v) is 6.97. The van der Waals surface area contributed by atoms with Crippen molar-refractivity contribution >= 4 is 5.91 Å². The molecular weight excluding hydrogens is 285 g/mol. The van der Waals surface area contributed by atoms with Crippen molar-refractivity contribution in [1.29, 1.82) is 0 Å². The average Bonchev–Trinajstić information content (AvgIpc) is 2.96. The summed E-state index contributed by atoms with van der Waals surface area (Å²) in [5.74, 6) is 0.0633. The largest absolute Gasteiger partial charge is 0.467 e. The molecule has 1 heterocycles. The highest BCUT2D eigenvalue weighted by Gasteiger charge is 2.10. The van der Waals surface area contributed by atoms with E-state index in [2.05, 4.69) is 5.32 Å². The van der Waals surface area contributed by atoms with E-state index < -0.39 is 0 Å². The van der Waals surface area contributed by atoms with Gasteiger partial charge in [0.15, 0.2) is 0 Å².